The summed E-state index contributed by atoms with van der Waals surface area (Å²) in [5, 5.41) is 0. The Kier molecular flexibility index (Phi) is 3.14. The Hall–Kier alpha value is -1.22. The maximum absolute atomic E-state index is 5.26. The third-order valence-electron chi connectivity index (χ3n) is 2.45. The zero-order valence-corrected chi connectivity index (χ0v) is 8.38. The second kappa shape index (κ2) is 4.14. The van der Waals surface area contributed by atoms with Gasteiger partial charge in [0.15, 0.2) is 0 Å². The van der Waals surface area contributed by atoms with Crippen LogP contribution < -0.4 is 0 Å². The van der Waals surface area contributed by atoms with Crippen molar-refractivity contribution < 1.29 is 0 Å². The molecule has 0 atom stereocenters. The van der Waals surface area contributed by atoms with E-state index in [0.29, 0.717) is 0 Å². The van der Waals surface area contributed by atoms with Crippen LogP contribution in [0, 0.1) is 12.3 Å². The van der Waals surface area contributed by atoms with Gasteiger partial charge in [0, 0.05) is 6.42 Å². The van der Waals surface area contributed by atoms with Crippen molar-refractivity contribution in [3.05, 3.63) is 35.9 Å². The van der Waals surface area contributed by atoms with Gasteiger partial charge in [-0.05, 0) is 17.4 Å². The summed E-state index contributed by atoms with van der Waals surface area (Å²) in [6.07, 6.45) is 7.16. The Morgan fingerprint density at radius 3 is 2.38 bits per heavy atom. The molecule has 0 unspecified atom stereocenters. The molecule has 0 aliphatic heterocycles. The Labute approximate surface area is 81.0 Å². The molecule has 0 nitrogen and oxygen atoms in total. The van der Waals surface area contributed by atoms with E-state index in [1.165, 1.54) is 5.56 Å². The molecule has 0 radical (unpaired) electrons. The lowest BCUT2D eigenvalue weighted by Gasteiger charge is -2.24. The summed E-state index contributed by atoms with van der Waals surface area (Å²) in [6.45, 7) is 4.47. The van der Waals surface area contributed by atoms with E-state index in [-0.39, 0.29) is 5.41 Å². The second-order valence-corrected chi connectivity index (χ2v) is 3.95. The number of rotatable bonds is 3. The van der Waals surface area contributed by atoms with Crippen LogP contribution in [0.5, 0.6) is 0 Å². The van der Waals surface area contributed by atoms with Gasteiger partial charge in [-0.2, -0.15) is 0 Å². The number of terminal acetylenes is 1. The highest BCUT2D eigenvalue weighted by molar-refractivity contribution is 5.23. The smallest absolute Gasteiger partial charge is 0.00943 e. The van der Waals surface area contributed by atoms with Gasteiger partial charge in [-0.25, -0.2) is 0 Å². The average molecular weight is 172 g/mol. The third kappa shape index (κ3) is 2.63. The molecule has 68 valence electrons. The number of hydrogen-bond donors (Lipinski definition) is 0. The maximum Gasteiger partial charge on any atom is 0.00943 e. The van der Waals surface area contributed by atoms with Gasteiger partial charge in [-0.15, -0.1) is 12.3 Å². The van der Waals surface area contributed by atoms with Crippen LogP contribution in [-0.2, 0) is 5.41 Å². The summed E-state index contributed by atoms with van der Waals surface area (Å²) in [4.78, 5) is 0. The van der Waals surface area contributed by atoms with Crippen LogP contribution in [0.25, 0.3) is 0 Å². The van der Waals surface area contributed by atoms with Crippen molar-refractivity contribution in [1.82, 2.24) is 0 Å². The van der Waals surface area contributed by atoms with Crippen LogP contribution in [0.4, 0.5) is 0 Å². The summed E-state index contributed by atoms with van der Waals surface area (Å²) in [5.74, 6) is 2.69. The molecule has 0 aliphatic carbocycles. The lowest BCUT2D eigenvalue weighted by Crippen LogP contribution is -2.16. The highest BCUT2D eigenvalue weighted by Gasteiger charge is 2.18. The van der Waals surface area contributed by atoms with E-state index in [1.54, 1.807) is 0 Å². The van der Waals surface area contributed by atoms with Crippen molar-refractivity contribution in [3.8, 4) is 12.3 Å². The molecule has 1 aromatic carbocycles. The Bertz CT molecular complexity index is 288. The van der Waals surface area contributed by atoms with Gasteiger partial charge in [0.05, 0.1) is 0 Å². The Morgan fingerprint density at radius 1 is 1.23 bits per heavy atom. The van der Waals surface area contributed by atoms with Gasteiger partial charge in [0.25, 0.3) is 0 Å². The van der Waals surface area contributed by atoms with E-state index in [0.717, 1.165) is 12.8 Å². The lowest BCUT2D eigenvalue weighted by molar-refractivity contribution is 0.488. The van der Waals surface area contributed by atoms with E-state index in [2.05, 4.69) is 44.0 Å². The van der Waals surface area contributed by atoms with Gasteiger partial charge < -0.3 is 0 Å². The highest BCUT2D eigenvalue weighted by Crippen LogP contribution is 2.27. The summed E-state index contributed by atoms with van der Waals surface area (Å²) < 4.78 is 0. The molecule has 0 heteroatoms. The van der Waals surface area contributed by atoms with Crippen molar-refractivity contribution in [2.24, 2.45) is 0 Å². The van der Waals surface area contributed by atoms with E-state index >= 15 is 0 Å². The molecule has 1 aromatic rings. The molecule has 0 spiro atoms. The Balaban J connectivity index is 2.76. The van der Waals surface area contributed by atoms with Gasteiger partial charge in [0.1, 0.15) is 0 Å². The van der Waals surface area contributed by atoms with Crippen LogP contribution in [-0.4, -0.2) is 0 Å². The largest absolute Gasteiger partial charge is 0.120 e. The fourth-order valence-electron chi connectivity index (χ4n) is 1.42. The minimum absolute atomic E-state index is 0.202. The molecule has 0 fully saturated rings. The molecule has 0 saturated carbocycles. The molecule has 0 bridgehead atoms. The zero-order valence-electron chi connectivity index (χ0n) is 8.38. The molecule has 1 rings (SSSR count). The first-order chi connectivity index (χ1) is 6.17. The third-order valence-corrected chi connectivity index (χ3v) is 2.45. The van der Waals surface area contributed by atoms with Crippen molar-refractivity contribution in [3.63, 3.8) is 0 Å². The van der Waals surface area contributed by atoms with Crippen molar-refractivity contribution >= 4 is 0 Å². The second-order valence-electron chi connectivity index (χ2n) is 3.95. The predicted octanol–water partition coefficient (Wildman–Crippen LogP) is 3.38. The monoisotopic (exact) mass is 172 g/mol. The molecule has 0 aromatic heterocycles. The summed E-state index contributed by atoms with van der Waals surface area (Å²) in [7, 11) is 0. The normalized spacial score (nSPS) is 10.8. The van der Waals surface area contributed by atoms with Crippen LogP contribution in [0.1, 0.15) is 32.3 Å². The maximum atomic E-state index is 5.26. The fraction of sp³-hybridized carbons (Fsp3) is 0.385. The van der Waals surface area contributed by atoms with Crippen LogP contribution in [0.3, 0.4) is 0 Å². The van der Waals surface area contributed by atoms with E-state index in [9.17, 15) is 0 Å². The first-order valence-electron chi connectivity index (χ1n) is 4.66. The van der Waals surface area contributed by atoms with Gasteiger partial charge >= 0.3 is 0 Å². The predicted molar refractivity (Wildman–Crippen MR) is 57.5 cm³/mol. The molecular weight excluding hydrogens is 156 g/mol. The fourth-order valence-corrected chi connectivity index (χ4v) is 1.42. The van der Waals surface area contributed by atoms with Crippen molar-refractivity contribution in [1.29, 1.82) is 0 Å². The quantitative estimate of drug-likeness (QED) is 0.613. The zero-order chi connectivity index (χ0) is 9.73. The number of benzene rings is 1. The summed E-state index contributed by atoms with van der Waals surface area (Å²) in [5.41, 5.74) is 1.57. The SMILES string of the molecule is C#CCCC(C)(C)c1ccccc1. The molecule has 13 heavy (non-hydrogen) atoms. The van der Waals surface area contributed by atoms with E-state index < -0.39 is 0 Å². The minimum atomic E-state index is 0.202. The number of hydrogen-bond acceptors (Lipinski definition) is 0. The minimum Gasteiger partial charge on any atom is -0.120 e. The first kappa shape index (κ1) is 9.86. The van der Waals surface area contributed by atoms with Crippen LogP contribution >= 0.6 is 0 Å². The highest BCUT2D eigenvalue weighted by atomic mass is 14.2. The topological polar surface area (TPSA) is 0 Å². The van der Waals surface area contributed by atoms with Gasteiger partial charge in [0.2, 0.25) is 0 Å². The van der Waals surface area contributed by atoms with Crippen molar-refractivity contribution in [2.75, 3.05) is 0 Å². The van der Waals surface area contributed by atoms with Crippen LogP contribution in [0.15, 0.2) is 30.3 Å². The summed E-state index contributed by atoms with van der Waals surface area (Å²) >= 11 is 0. The molecule has 0 saturated heterocycles. The van der Waals surface area contributed by atoms with Gasteiger partial charge in [-0.1, -0.05) is 44.2 Å². The lowest BCUT2D eigenvalue weighted by atomic mass is 9.81. The molecule has 0 heterocycles. The standard InChI is InChI=1S/C13H16/c1-4-5-11-13(2,3)12-9-7-6-8-10-12/h1,6-10H,5,11H2,2-3H3. The van der Waals surface area contributed by atoms with E-state index in [4.69, 9.17) is 6.42 Å². The molecule has 0 aliphatic rings. The first-order valence-corrected chi connectivity index (χ1v) is 4.66. The van der Waals surface area contributed by atoms with Crippen molar-refractivity contribution in [2.45, 2.75) is 32.1 Å². The molecule has 0 N–H and O–H groups in total. The Morgan fingerprint density at radius 2 is 1.85 bits per heavy atom. The average Bonchev–Trinajstić information content (AvgIpc) is 2.16. The summed E-state index contributed by atoms with van der Waals surface area (Å²) in [6, 6.07) is 10.5. The molecule has 0 amide bonds. The van der Waals surface area contributed by atoms with E-state index in [1.807, 2.05) is 6.07 Å². The van der Waals surface area contributed by atoms with Gasteiger partial charge in [-0.3, -0.25) is 0 Å². The molecular formula is C13H16. The van der Waals surface area contributed by atoms with Crippen LogP contribution in [0.2, 0.25) is 0 Å².